The molecule has 1 radical (unpaired) electrons. The first-order chi connectivity index (χ1) is 15.5. The van der Waals surface area contributed by atoms with Gasteiger partial charge in [-0.2, -0.15) is 0 Å². The zero-order chi connectivity index (χ0) is 22.5. The SMILES string of the molecule is COCCCN1CCN(c2cncc(-c3cn(-c4c[c]c(C(N)=O)nc4C)nn3)c2)CC1. The van der Waals surface area contributed by atoms with Crippen LogP contribution in [0.2, 0.25) is 0 Å². The fourth-order valence-electron chi connectivity index (χ4n) is 3.77. The second kappa shape index (κ2) is 9.84. The number of carbonyl (C=O) groups excluding carboxylic acids is 1. The Morgan fingerprint density at radius 3 is 2.78 bits per heavy atom. The Balaban J connectivity index is 1.46. The number of aryl methyl sites for hydroxylation is 1. The molecule has 0 aliphatic carbocycles. The van der Waals surface area contributed by atoms with Crippen LogP contribution in [0, 0.1) is 13.0 Å². The van der Waals surface area contributed by atoms with Crippen molar-refractivity contribution in [3.8, 4) is 16.9 Å². The lowest BCUT2D eigenvalue weighted by molar-refractivity contribution is 0.0995. The molecule has 1 aliphatic heterocycles. The van der Waals surface area contributed by atoms with E-state index in [2.05, 4.69) is 42.2 Å². The number of rotatable bonds is 8. The van der Waals surface area contributed by atoms with Crippen molar-refractivity contribution in [2.45, 2.75) is 13.3 Å². The standard InChI is InChI=1S/C22H27N8O2/c1-16-21(5-4-19(25-16)22(23)31)30-15-20(26-27-30)17-12-18(14-24-13-17)29-9-7-28(8-10-29)6-3-11-32-2/h5,12-15H,3,6-11H2,1-2H3,(H2,23,31). The Hall–Kier alpha value is -3.37. The van der Waals surface area contributed by atoms with Gasteiger partial charge in [-0.15, -0.1) is 5.10 Å². The van der Waals surface area contributed by atoms with E-state index in [9.17, 15) is 4.79 Å². The number of piperazine rings is 1. The predicted octanol–water partition coefficient (Wildman–Crippen LogP) is 1.09. The zero-order valence-corrected chi connectivity index (χ0v) is 18.4. The highest BCUT2D eigenvalue weighted by molar-refractivity contribution is 5.90. The summed E-state index contributed by atoms with van der Waals surface area (Å²) in [7, 11) is 1.74. The maximum absolute atomic E-state index is 11.3. The van der Waals surface area contributed by atoms with E-state index in [-0.39, 0.29) is 5.69 Å². The third-order valence-electron chi connectivity index (χ3n) is 5.55. The molecule has 32 heavy (non-hydrogen) atoms. The van der Waals surface area contributed by atoms with E-state index in [1.165, 1.54) is 0 Å². The smallest absolute Gasteiger partial charge is 0.267 e. The molecule has 1 saturated heterocycles. The fraction of sp³-hybridized carbons (Fsp3) is 0.409. The van der Waals surface area contributed by atoms with Crippen LogP contribution in [0.1, 0.15) is 22.6 Å². The number of pyridine rings is 2. The summed E-state index contributed by atoms with van der Waals surface area (Å²) in [5, 5.41) is 8.52. The summed E-state index contributed by atoms with van der Waals surface area (Å²) in [4.78, 5) is 24.7. The number of aromatic nitrogens is 5. The van der Waals surface area contributed by atoms with Crippen molar-refractivity contribution in [1.82, 2.24) is 29.9 Å². The molecule has 10 nitrogen and oxygen atoms in total. The zero-order valence-electron chi connectivity index (χ0n) is 18.4. The monoisotopic (exact) mass is 435 g/mol. The average molecular weight is 436 g/mol. The van der Waals surface area contributed by atoms with Crippen molar-refractivity contribution >= 4 is 11.6 Å². The van der Waals surface area contributed by atoms with Crippen LogP contribution < -0.4 is 10.6 Å². The van der Waals surface area contributed by atoms with Crippen LogP contribution in [0.3, 0.4) is 0 Å². The molecule has 1 amide bonds. The van der Waals surface area contributed by atoms with Crippen LogP contribution in [-0.4, -0.2) is 82.2 Å². The lowest BCUT2D eigenvalue weighted by Gasteiger charge is -2.36. The number of anilines is 1. The van der Waals surface area contributed by atoms with Crippen LogP contribution in [-0.2, 0) is 4.74 Å². The molecule has 1 aliphatic rings. The highest BCUT2D eigenvalue weighted by Crippen LogP contribution is 2.24. The number of amides is 1. The van der Waals surface area contributed by atoms with E-state index in [4.69, 9.17) is 10.5 Å². The summed E-state index contributed by atoms with van der Waals surface area (Å²) >= 11 is 0. The van der Waals surface area contributed by atoms with Crippen molar-refractivity contribution in [3.05, 3.63) is 48.2 Å². The largest absolute Gasteiger partial charge is 0.385 e. The summed E-state index contributed by atoms with van der Waals surface area (Å²) in [6.45, 7) is 7.61. The Kier molecular flexibility index (Phi) is 6.72. The normalized spacial score (nSPS) is 14.6. The Bertz CT molecular complexity index is 1080. The number of primary amides is 1. The highest BCUT2D eigenvalue weighted by atomic mass is 16.5. The van der Waals surface area contributed by atoms with Crippen LogP contribution in [0.5, 0.6) is 0 Å². The van der Waals surface area contributed by atoms with Crippen molar-refractivity contribution in [3.63, 3.8) is 0 Å². The molecule has 2 N–H and O–H groups in total. The summed E-state index contributed by atoms with van der Waals surface area (Å²) in [5.41, 5.74) is 9.34. The summed E-state index contributed by atoms with van der Waals surface area (Å²) in [6.07, 6.45) is 6.55. The Morgan fingerprint density at radius 1 is 1.25 bits per heavy atom. The number of nitrogens with zero attached hydrogens (tertiary/aromatic N) is 7. The van der Waals surface area contributed by atoms with Gasteiger partial charge in [-0.3, -0.25) is 14.7 Å². The maximum Gasteiger partial charge on any atom is 0.267 e. The molecule has 0 spiro atoms. The van der Waals surface area contributed by atoms with Gasteiger partial charge in [0.25, 0.3) is 5.91 Å². The Morgan fingerprint density at radius 2 is 2.06 bits per heavy atom. The minimum Gasteiger partial charge on any atom is -0.385 e. The summed E-state index contributed by atoms with van der Waals surface area (Å²) < 4.78 is 6.76. The molecule has 4 heterocycles. The number of carbonyl (C=O) groups is 1. The van der Waals surface area contributed by atoms with Gasteiger partial charge in [0.1, 0.15) is 11.4 Å². The summed E-state index contributed by atoms with van der Waals surface area (Å²) in [6, 6.07) is 6.53. The summed E-state index contributed by atoms with van der Waals surface area (Å²) in [5.74, 6) is -0.613. The quantitative estimate of drug-likeness (QED) is 0.523. The second-order valence-corrected chi connectivity index (χ2v) is 7.74. The molecule has 1 fully saturated rings. The molecule has 167 valence electrons. The second-order valence-electron chi connectivity index (χ2n) is 7.74. The first-order valence-electron chi connectivity index (χ1n) is 10.6. The number of nitrogens with two attached hydrogens (primary N) is 1. The topological polar surface area (TPSA) is 115 Å². The van der Waals surface area contributed by atoms with E-state index >= 15 is 0 Å². The molecular weight excluding hydrogens is 408 g/mol. The van der Waals surface area contributed by atoms with Crippen molar-refractivity contribution < 1.29 is 9.53 Å². The first-order valence-corrected chi connectivity index (χ1v) is 10.6. The van der Waals surface area contributed by atoms with E-state index in [1.807, 2.05) is 12.4 Å². The predicted molar refractivity (Wildman–Crippen MR) is 120 cm³/mol. The van der Waals surface area contributed by atoms with Gasteiger partial charge in [0.15, 0.2) is 0 Å². The minimum atomic E-state index is -0.613. The van der Waals surface area contributed by atoms with Gasteiger partial charge in [-0.1, -0.05) is 5.21 Å². The van der Waals surface area contributed by atoms with Crippen molar-refractivity contribution in [2.24, 2.45) is 5.73 Å². The van der Waals surface area contributed by atoms with Gasteiger partial charge >= 0.3 is 0 Å². The Labute approximate surface area is 187 Å². The van der Waals surface area contributed by atoms with Gasteiger partial charge in [0, 0.05) is 64.3 Å². The lowest BCUT2D eigenvalue weighted by atomic mass is 10.2. The third kappa shape index (κ3) is 4.92. The van der Waals surface area contributed by atoms with E-state index in [0.29, 0.717) is 17.1 Å². The van der Waals surface area contributed by atoms with Crippen LogP contribution in [0.25, 0.3) is 16.9 Å². The fourth-order valence-corrected chi connectivity index (χ4v) is 3.77. The molecule has 0 aromatic carbocycles. The van der Waals surface area contributed by atoms with Crippen LogP contribution in [0.15, 0.2) is 30.7 Å². The van der Waals surface area contributed by atoms with E-state index in [0.717, 1.165) is 57.0 Å². The highest BCUT2D eigenvalue weighted by Gasteiger charge is 2.18. The number of hydrogen-bond acceptors (Lipinski definition) is 8. The number of ether oxygens (including phenoxy) is 1. The van der Waals surface area contributed by atoms with Gasteiger partial charge < -0.3 is 15.4 Å². The maximum atomic E-state index is 11.3. The van der Waals surface area contributed by atoms with Gasteiger partial charge in [0.2, 0.25) is 0 Å². The van der Waals surface area contributed by atoms with Gasteiger partial charge in [-0.25, -0.2) is 9.67 Å². The van der Waals surface area contributed by atoms with E-state index in [1.54, 1.807) is 31.0 Å². The minimum absolute atomic E-state index is 0.0993. The lowest BCUT2D eigenvalue weighted by Crippen LogP contribution is -2.46. The van der Waals surface area contributed by atoms with Gasteiger partial charge in [-0.05, 0) is 25.5 Å². The van der Waals surface area contributed by atoms with Crippen molar-refractivity contribution in [2.75, 3.05) is 51.3 Å². The molecule has 0 atom stereocenters. The van der Waals surface area contributed by atoms with E-state index < -0.39 is 5.91 Å². The van der Waals surface area contributed by atoms with Gasteiger partial charge in [0.05, 0.1) is 29.5 Å². The molecule has 10 heteroatoms. The first kappa shape index (κ1) is 21.8. The van der Waals surface area contributed by atoms with Crippen molar-refractivity contribution in [1.29, 1.82) is 0 Å². The van der Waals surface area contributed by atoms with Crippen LogP contribution in [0.4, 0.5) is 5.69 Å². The molecule has 3 aromatic heterocycles. The molecule has 4 rings (SSSR count). The average Bonchev–Trinajstić information content (AvgIpc) is 3.30. The molecule has 0 bridgehead atoms. The molecule has 0 unspecified atom stereocenters. The van der Waals surface area contributed by atoms with Crippen LogP contribution >= 0.6 is 0 Å². The molecule has 0 saturated carbocycles. The third-order valence-corrected chi connectivity index (χ3v) is 5.55. The number of methoxy groups -OCH3 is 1. The number of hydrogen-bond donors (Lipinski definition) is 1. The molecular formula is C22H27N8O2. The molecule has 3 aromatic rings.